The fourth-order valence-corrected chi connectivity index (χ4v) is 2.59. The molecule has 5 heteroatoms. The summed E-state index contributed by atoms with van der Waals surface area (Å²) < 4.78 is 0. The van der Waals surface area contributed by atoms with Gasteiger partial charge in [0.05, 0.1) is 11.4 Å². The summed E-state index contributed by atoms with van der Waals surface area (Å²) >= 11 is 0. The van der Waals surface area contributed by atoms with Gasteiger partial charge in [-0.05, 0) is 44.5 Å². The van der Waals surface area contributed by atoms with E-state index in [0.29, 0.717) is 6.42 Å². The predicted octanol–water partition coefficient (Wildman–Crippen LogP) is 3.75. The zero-order chi connectivity index (χ0) is 17.1. The second-order valence-electron chi connectivity index (χ2n) is 5.71. The molecule has 3 aromatic rings. The summed E-state index contributed by atoms with van der Waals surface area (Å²) in [6, 6.07) is 11.8. The molecule has 122 valence electrons. The Balaban J connectivity index is 1.95. The zero-order valence-corrected chi connectivity index (χ0v) is 14.1. The maximum Gasteiger partial charge on any atom is 0.251 e. The van der Waals surface area contributed by atoms with Crippen molar-refractivity contribution in [3.8, 4) is 11.3 Å². The molecule has 2 aromatic heterocycles. The summed E-state index contributed by atoms with van der Waals surface area (Å²) in [6.45, 7) is 5.74. The third-order valence-corrected chi connectivity index (χ3v) is 3.91. The topological polar surface area (TPSA) is 70.7 Å². The quantitative estimate of drug-likeness (QED) is 0.768. The van der Waals surface area contributed by atoms with Gasteiger partial charge in [-0.25, -0.2) is 9.97 Å². The van der Waals surface area contributed by atoms with Crippen LogP contribution in [0.1, 0.15) is 24.0 Å². The van der Waals surface area contributed by atoms with E-state index < -0.39 is 0 Å². The summed E-state index contributed by atoms with van der Waals surface area (Å²) in [5, 5.41) is 3.39. The van der Waals surface area contributed by atoms with E-state index in [1.54, 1.807) is 6.20 Å². The fraction of sp³-hybridized carbons (Fsp3) is 0.211. The number of aromatic amines is 1. The van der Waals surface area contributed by atoms with Crippen molar-refractivity contribution in [1.82, 2.24) is 15.0 Å². The standard InChI is InChI=1S/C19H20N4O/c1-4-14-11-18(12(2)21-19(14)24)23-16-7-5-6-15(10-16)17-8-9-20-13(3)22-17/h5-11,23H,4H2,1-3H3,(H,21,24). The van der Waals surface area contributed by atoms with E-state index in [9.17, 15) is 4.79 Å². The Hall–Kier alpha value is -2.95. The van der Waals surface area contributed by atoms with E-state index in [-0.39, 0.29) is 5.56 Å². The summed E-state index contributed by atoms with van der Waals surface area (Å²) in [6.07, 6.45) is 2.46. The molecule has 0 spiro atoms. The molecule has 0 aliphatic carbocycles. The van der Waals surface area contributed by atoms with E-state index >= 15 is 0 Å². The monoisotopic (exact) mass is 320 g/mol. The van der Waals surface area contributed by atoms with E-state index in [4.69, 9.17) is 0 Å². The van der Waals surface area contributed by atoms with Crippen molar-refractivity contribution in [2.75, 3.05) is 5.32 Å². The van der Waals surface area contributed by atoms with E-state index in [0.717, 1.165) is 39.7 Å². The van der Waals surface area contributed by atoms with Gasteiger partial charge < -0.3 is 10.3 Å². The van der Waals surface area contributed by atoms with Crippen LogP contribution in [-0.2, 0) is 6.42 Å². The molecule has 3 rings (SSSR count). The van der Waals surface area contributed by atoms with Crippen LogP contribution in [0.3, 0.4) is 0 Å². The SMILES string of the molecule is CCc1cc(Nc2cccc(-c3ccnc(C)n3)c2)c(C)[nH]c1=O. The van der Waals surface area contributed by atoms with Gasteiger partial charge in [-0.1, -0.05) is 19.1 Å². The number of aryl methyl sites for hydroxylation is 3. The number of nitrogens with zero attached hydrogens (tertiary/aromatic N) is 2. The predicted molar refractivity (Wildman–Crippen MR) is 96.7 cm³/mol. The Morgan fingerprint density at radius 1 is 1.17 bits per heavy atom. The van der Waals surface area contributed by atoms with Crippen LogP contribution >= 0.6 is 0 Å². The molecule has 0 unspecified atom stereocenters. The Kier molecular flexibility index (Phi) is 4.42. The van der Waals surface area contributed by atoms with Gasteiger partial charge in [0.1, 0.15) is 5.82 Å². The molecule has 5 nitrogen and oxygen atoms in total. The Labute approximate surface area is 140 Å². The maximum absolute atomic E-state index is 11.8. The van der Waals surface area contributed by atoms with E-state index in [2.05, 4.69) is 20.3 Å². The molecule has 0 radical (unpaired) electrons. The first-order valence-corrected chi connectivity index (χ1v) is 7.96. The minimum absolute atomic E-state index is 0.0224. The van der Waals surface area contributed by atoms with Crippen molar-refractivity contribution in [2.24, 2.45) is 0 Å². The maximum atomic E-state index is 11.8. The smallest absolute Gasteiger partial charge is 0.251 e. The molecule has 2 N–H and O–H groups in total. The Morgan fingerprint density at radius 3 is 2.75 bits per heavy atom. The highest BCUT2D eigenvalue weighted by Gasteiger charge is 2.06. The Morgan fingerprint density at radius 2 is 2.00 bits per heavy atom. The van der Waals surface area contributed by atoms with Crippen molar-refractivity contribution >= 4 is 11.4 Å². The van der Waals surface area contributed by atoms with Gasteiger partial charge in [0, 0.05) is 28.7 Å². The lowest BCUT2D eigenvalue weighted by atomic mass is 10.1. The van der Waals surface area contributed by atoms with Crippen LogP contribution in [0.15, 0.2) is 47.4 Å². The summed E-state index contributed by atoms with van der Waals surface area (Å²) in [5.41, 5.74) is 5.32. The Bertz CT molecular complexity index is 931. The van der Waals surface area contributed by atoms with Crippen molar-refractivity contribution in [2.45, 2.75) is 27.2 Å². The van der Waals surface area contributed by atoms with Crippen LogP contribution < -0.4 is 10.9 Å². The normalized spacial score (nSPS) is 10.6. The van der Waals surface area contributed by atoms with Crippen LogP contribution in [0.4, 0.5) is 11.4 Å². The first-order valence-electron chi connectivity index (χ1n) is 7.96. The molecule has 24 heavy (non-hydrogen) atoms. The molecule has 0 aliphatic heterocycles. The van der Waals surface area contributed by atoms with Gasteiger partial charge in [0.2, 0.25) is 0 Å². The number of hydrogen-bond acceptors (Lipinski definition) is 4. The molecular formula is C19H20N4O. The van der Waals surface area contributed by atoms with Crippen LogP contribution in [0.2, 0.25) is 0 Å². The van der Waals surface area contributed by atoms with Gasteiger partial charge in [-0.2, -0.15) is 0 Å². The number of pyridine rings is 1. The van der Waals surface area contributed by atoms with Crippen LogP contribution in [0, 0.1) is 13.8 Å². The number of anilines is 2. The van der Waals surface area contributed by atoms with Crippen molar-refractivity contribution < 1.29 is 0 Å². The fourth-order valence-electron chi connectivity index (χ4n) is 2.59. The molecule has 0 aliphatic rings. The van der Waals surface area contributed by atoms with E-state index in [1.807, 2.05) is 57.2 Å². The van der Waals surface area contributed by atoms with Crippen molar-refractivity contribution in [3.63, 3.8) is 0 Å². The van der Waals surface area contributed by atoms with Crippen LogP contribution in [0.5, 0.6) is 0 Å². The summed E-state index contributed by atoms with van der Waals surface area (Å²) in [4.78, 5) is 23.3. The molecule has 0 fully saturated rings. The highest BCUT2D eigenvalue weighted by atomic mass is 16.1. The molecule has 0 amide bonds. The largest absolute Gasteiger partial charge is 0.354 e. The second-order valence-corrected chi connectivity index (χ2v) is 5.71. The second kappa shape index (κ2) is 6.66. The number of benzene rings is 1. The van der Waals surface area contributed by atoms with Crippen LogP contribution in [-0.4, -0.2) is 15.0 Å². The van der Waals surface area contributed by atoms with Gasteiger partial charge in [-0.15, -0.1) is 0 Å². The molecule has 0 saturated carbocycles. The lowest BCUT2D eigenvalue weighted by Gasteiger charge is -2.12. The van der Waals surface area contributed by atoms with Crippen molar-refractivity contribution in [1.29, 1.82) is 0 Å². The first kappa shape index (κ1) is 15.9. The minimum Gasteiger partial charge on any atom is -0.354 e. The molecular weight excluding hydrogens is 300 g/mol. The zero-order valence-electron chi connectivity index (χ0n) is 14.1. The number of hydrogen-bond donors (Lipinski definition) is 2. The highest BCUT2D eigenvalue weighted by Crippen LogP contribution is 2.24. The summed E-state index contributed by atoms with van der Waals surface area (Å²) in [5.74, 6) is 0.745. The number of aromatic nitrogens is 3. The average molecular weight is 320 g/mol. The first-order chi connectivity index (χ1) is 11.6. The average Bonchev–Trinajstić information content (AvgIpc) is 2.57. The molecule has 1 aromatic carbocycles. The number of nitrogens with one attached hydrogen (secondary N) is 2. The van der Waals surface area contributed by atoms with Gasteiger partial charge in [0.15, 0.2) is 0 Å². The third kappa shape index (κ3) is 3.35. The molecule has 0 bridgehead atoms. The number of rotatable bonds is 4. The molecule has 0 saturated heterocycles. The highest BCUT2D eigenvalue weighted by molar-refractivity contribution is 5.69. The van der Waals surface area contributed by atoms with Crippen molar-refractivity contribution in [3.05, 3.63) is 70.0 Å². The third-order valence-electron chi connectivity index (χ3n) is 3.91. The molecule has 2 heterocycles. The molecule has 0 atom stereocenters. The minimum atomic E-state index is -0.0224. The lowest BCUT2D eigenvalue weighted by molar-refractivity contribution is 1.03. The summed E-state index contributed by atoms with van der Waals surface area (Å²) in [7, 11) is 0. The van der Waals surface area contributed by atoms with E-state index in [1.165, 1.54) is 0 Å². The van der Waals surface area contributed by atoms with Gasteiger partial charge >= 0.3 is 0 Å². The number of H-pyrrole nitrogens is 1. The van der Waals surface area contributed by atoms with Crippen LogP contribution in [0.25, 0.3) is 11.3 Å². The lowest BCUT2D eigenvalue weighted by Crippen LogP contribution is -2.14. The van der Waals surface area contributed by atoms with Gasteiger partial charge in [-0.3, -0.25) is 4.79 Å². The van der Waals surface area contributed by atoms with Gasteiger partial charge in [0.25, 0.3) is 5.56 Å².